The van der Waals surface area contributed by atoms with Gasteiger partial charge in [0, 0.05) is 39.6 Å². The molecular weight excluding hydrogens is 590 g/mol. The van der Waals surface area contributed by atoms with Crippen molar-refractivity contribution in [2.75, 3.05) is 6.61 Å². The number of aryl methyl sites for hydroxylation is 1. The van der Waals surface area contributed by atoms with Crippen molar-refractivity contribution in [3.05, 3.63) is 94.2 Å². The van der Waals surface area contributed by atoms with Gasteiger partial charge in [0.25, 0.3) is 0 Å². The Morgan fingerprint density at radius 1 is 0.938 bits per heavy atom. The van der Waals surface area contributed by atoms with Crippen LogP contribution in [0.3, 0.4) is 0 Å². The zero-order valence-corrected chi connectivity index (χ0v) is 30.1. The molecule has 48 heavy (non-hydrogen) atoms. The monoisotopic (exact) mass is 639 g/mol. The van der Waals surface area contributed by atoms with Gasteiger partial charge in [-0.3, -0.25) is 4.57 Å². The van der Waals surface area contributed by atoms with Crippen LogP contribution in [0.2, 0.25) is 0 Å². The van der Waals surface area contributed by atoms with Crippen molar-refractivity contribution >= 4 is 27.7 Å². The molecule has 0 radical (unpaired) electrons. The van der Waals surface area contributed by atoms with Crippen LogP contribution in [-0.4, -0.2) is 27.6 Å². The summed E-state index contributed by atoms with van der Waals surface area (Å²) in [6.45, 7) is 21.1. The topological polar surface area (TPSA) is 48.6 Å². The molecule has 3 aliphatic rings. The largest absolute Gasteiger partial charge is 0.475 e. The third-order valence-electron chi connectivity index (χ3n) is 11.5. The fourth-order valence-corrected chi connectivity index (χ4v) is 8.41. The molecule has 1 atom stereocenters. The summed E-state index contributed by atoms with van der Waals surface area (Å²) in [5.41, 5.74) is 9.29. The molecule has 5 nitrogen and oxygen atoms in total. The van der Waals surface area contributed by atoms with E-state index in [1.54, 1.807) is 0 Å². The van der Waals surface area contributed by atoms with Crippen molar-refractivity contribution in [1.82, 2.24) is 9.55 Å². The molecule has 5 aromatic rings. The van der Waals surface area contributed by atoms with Gasteiger partial charge < -0.3 is 9.47 Å². The maximum absolute atomic E-state index is 6.87. The maximum atomic E-state index is 6.87. The van der Waals surface area contributed by atoms with Gasteiger partial charge in [-0.1, -0.05) is 73.4 Å². The van der Waals surface area contributed by atoms with Gasteiger partial charge in [0.1, 0.15) is 23.9 Å². The second kappa shape index (κ2) is 10.7. The lowest BCUT2D eigenvalue weighted by molar-refractivity contribution is 0.207. The van der Waals surface area contributed by atoms with Gasteiger partial charge in [-0.25, -0.2) is 9.98 Å². The second-order valence-corrected chi connectivity index (χ2v) is 16.7. The number of rotatable bonds is 5. The lowest BCUT2D eigenvalue weighted by Crippen LogP contribution is -2.32. The Morgan fingerprint density at radius 3 is 2.44 bits per heavy atom. The van der Waals surface area contributed by atoms with Crippen LogP contribution < -0.4 is 4.74 Å². The fourth-order valence-electron chi connectivity index (χ4n) is 8.41. The highest BCUT2D eigenvalue weighted by molar-refractivity contribution is 6.12. The van der Waals surface area contributed by atoms with E-state index in [-0.39, 0.29) is 16.4 Å². The van der Waals surface area contributed by atoms with Crippen LogP contribution in [-0.2, 0) is 15.6 Å². The van der Waals surface area contributed by atoms with E-state index in [1.807, 2.05) is 6.20 Å². The third-order valence-corrected chi connectivity index (χ3v) is 11.5. The first-order valence-electron chi connectivity index (χ1n) is 17.9. The molecule has 5 heteroatoms. The van der Waals surface area contributed by atoms with Gasteiger partial charge in [-0.2, -0.15) is 0 Å². The molecule has 0 unspecified atom stereocenters. The summed E-state index contributed by atoms with van der Waals surface area (Å²) in [6, 6.07) is 20.2. The molecule has 1 aliphatic carbocycles. The van der Waals surface area contributed by atoms with Crippen LogP contribution in [0.15, 0.2) is 65.8 Å². The first-order chi connectivity index (χ1) is 22.7. The highest BCUT2D eigenvalue weighted by Gasteiger charge is 2.41. The summed E-state index contributed by atoms with van der Waals surface area (Å²) in [5.74, 6) is 4.33. The minimum absolute atomic E-state index is 0.0174. The number of pyridine rings is 1. The number of nitrogens with zero attached hydrogens (tertiary/aromatic N) is 3. The SMILES string of the molecule is Cc1cc2c3cc(C(C)(C)C)cc4c3n(c2cc1Oc1cc(C2=N[C@](C)(C3CCCC3)CO2)cc(C(C)C)c1)-c1ncccc1C4(C)C. The third kappa shape index (κ3) is 4.79. The quantitative estimate of drug-likeness (QED) is 0.192. The second-order valence-electron chi connectivity index (χ2n) is 16.7. The summed E-state index contributed by atoms with van der Waals surface area (Å²) in [7, 11) is 0. The molecule has 0 N–H and O–H groups in total. The van der Waals surface area contributed by atoms with E-state index >= 15 is 0 Å². The number of fused-ring (bicyclic) bond motifs is 5. The predicted octanol–water partition coefficient (Wildman–Crippen LogP) is 11.1. The van der Waals surface area contributed by atoms with Crippen LogP contribution >= 0.6 is 0 Å². The summed E-state index contributed by atoms with van der Waals surface area (Å²) in [6.07, 6.45) is 7.00. The zero-order valence-electron chi connectivity index (χ0n) is 30.1. The van der Waals surface area contributed by atoms with Crippen LogP contribution in [0.5, 0.6) is 11.5 Å². The van der Waals surface area contributed by atoms with E-state index in [1.165, 1.54) is 64.2 Å². The van der Waals surface area contributed by atoms with E-state index in [9.17, 15) is 0 Å². The lowest BCUT2D eigenvalue weighted by atomic mass is 9.73. The summed E-state index contributed by atoms with van der Waals surface area (Å²) < 4.78 is 15.6. The van der Waals surface area contributed by atoms with Crippen LogP contribution in [0.4, 0.5) is 0 Å². The van der Waals surface area contributed by atoms with Crippen molar-refractivity contribution in [2.45, 2.75) is 110 Å². The van der Waals surface area contributed by atoms with E-state index in [0.29, 0.717) is 18.4 Å². The molecule has 3 aromatic carbocycles. The van der Waals surface area contributed by atoms with Crippen molar-refractivity contribution in [2.24, 2.45) is 10.9 Å². The standard InChI is InChI=1S/C43H49N3O2/c1-25(2)27-18-28(40-45-43(9,24-47-40)29-13-10-11-14-29)20-31(19-27)48-37-23-36-32(17-26(37)3)33-21-30(41(4,5)6)22-35-38(33)46(36)39-34(42(35,7)8)15-12-16-44-39/h12,15-23,25,29H,10-11,13-14,24H2,1-9H3/t43-/m0/s1. The Morgan fingerprint density at radius 2 is 1.71 bits per heavy atom. The van der Waals surface area contributed by atoms with Gasteiger partial charge >= 0.3 is 0 Å². The van der Waals surface area contributed by atoms with Gasteiger partial charge in [0.05, 0.1) is 16.6 Å². The van der Waals surface area contributed by atoms with E-state index < -0.39 is 0 Å². The zero-order chi connectivity index (χ0) is 33.7. The molecule has 0 spiro atoms. The van der Waals surface area contributed by atoms with Crippen LogP contribution in [0.25, 0.3) is 27.6 Å². The molecule has 2 aromatic heterocycles. The Bertz CT molecular complexity index is 2140. The highest BCUT2D eigenvalue weighted by Crippen LogP contribution is 2.49. The van der Waals surface area contributed by atoms with Gasteiger partial charge in [0.15, 0.2) is 0 Å². The van der Waals surface area contributed by atoms with Gasteiger partial charge in [-0.05, 0) is 103 Å². The Hall–Kier alpha value is -4.12. The van der Waals surface area contributed by atoms with Crippen molar-refractivity contribution in [3.63, 3.8) is 0 Å². The van der Waals surface area contributed by atoms with Crippen molar-refractivity contribution < 1.29 is 9.47 Å². The van der Waals surface area contributed by atoms with E-state index in [4.69, 9.17) is 19.5 Å². The predicted molar refractivity (Wildman–Crippen MR) is 198 cm³/mol. The molecule has 1 saturated carbocycles. The molecule has 0 bridgehead atoms. The van der Waals surface area contributed by atoms with Crippen LogP contribution in [0, 0.1) is 12.8 Å². The molecule has 0 amide bonds. The molecule has 1 fully saturated rings. The number of ether oxygens (including phenoxy) is 2. The number of aliphatic imine (C=N–C) groups is 1. The van der Waals surface area contributed by atoms with Gasteiger partial charge in [-0.15, -0.1) is 0 Å². The van der Waals surface area contributed by atoms with E-state index in [2.05, 4.69) is 121 Å². The highest BCUT2D eigenvalue weighted by atomic mass is 16.5. The lowest BCUT2D eigenvalue weighted by Gasteiger charge is -2.35. The molecule has 0 saturated heterocycles. The minimum atomic E-state index is -0.186. The number of benzene rings is 3. The van der Waals surface area contributed by atoms with Gasteiger partial charge in [0.2, 0.25) is 5.90 Å². The Balaban J connectivity index is 1.28. The Labute approximate surface area is 285 Å². The Kier molecular flexibility index (Phi) is 6.94. The molecule has 248 valence electrons. The summed E-state index contributed by atoms with van der Waals surface area (Å²) >= 11 is 0. The van der Waals surface area contributed by atoms with E-state index in [0.717, 1.165) is 39.9 Å². The normalized spacial score (nSPS) is 20.4. The molecule has 2 aliphatic heterocycles. The molecule has 8 rings (SSSR count). The number of hydrogen-bond acceptors (Lipinski definition) is 4. The fraction of sp³-hybridized carbons (Fsp3) is 0.442. The summed E-state index contributed by atoms with van der Waals surface area (Å²) in [4.78, 5) is 10.2. The summed E-state index contributed by atoms with van der Waals surface area (Å²) in [5, 5.41) is 2.50. The first-order valence-corrected chi connectivity index (χ1v) is 17.9. The average molecular weight is 640 g/mol. The molecule has 4 heterocycles. The number of aromatic nitrogens is 2. The van der Waals surface area contributed by atoms with Crippen LogP contribution in [0.1, 0.15) is 120 Å². The first kappa shape index (κ1) is 31.2. The molecular formula is C43H49N3O2. The smallest absolute Gasteiger partial charge is 0.216 e. The average Bonchev–Trinajstić information content (AvgIpc) is 3.79. The maximum Gasteiger partial charge on any atom is 0.216 e. The van der Waals surface area contributed by atoms with Crippen molar-refractivity contribution in [1.29, 1.82) is 0 Å². The van der Waals surface area contributed by atoms with Crippen molar-refractivity contribution in [3.8, 4) is 17.3 Å². The number of hydrogen-bond donors (Lipinski definition) is 0. The minimum Gasteiger partial charge on any atom is -0.475 e.